The van der Waals surface area contributed by atoms with Gasteiger partial charge in [0.1, 0.15) is 11.3 Å². The average molecular weight is 456 g/mol. The second-order valence-corrected chi connectivity index (χ2v) is 8.91. The van der Waals surface area contributed by atoms with Crippen LogP contribution in [0.1, 0.15) is 18.1 Å². The van der Waals surface area contributed by atoms with Gasteiger partial charge in [-0.2, -0.15) is 0 Å². The molecule has 2 aromatic carbocycles. The summed E-state index contributed by atoms with van der Waals surface area (Å²) in [4.78, 5) is 41.5. The number of fused-ring (bicyclic) bond motifs is 4. The summed E-state index contributed by atoms with van der Waals surface area (Å²) < 4.78 is 5.16. The molecule has 0 saturated carbocycles. The van der Waals surface area contributed by atoms with Gasteiger partial charge in [-0.1, -0.05) is 23.7 Å². The van der Waals surface area contributed by atoms with Gasteiger partial charge in [-0.3, -0.25) is 24.6 Å². The normalized spacial score (nSPS) is 29.3. The Balaban J connectivity index is 1.58. The molecule has 0 unspecified atom stereocenters. The summed E-state index contributed by atoms with van der Waals surface area (Å²) >= 11 is 6.21. The minimum absolute atomic E-state index is 0.0707. The van der Waals surface area contributed by atoms with E-state index < -0.39 is 47.2 Å². The Kier molecular flexibility index (Phi) is 4.77. The number of aliphatic hydroxyl groups is 1. The molecule has 2 aromatic rings. The number of aliphatic hydroxyl groups excluding tert-OH is 1. The molecule has 3 amide bonds. The van der Waals surface area contributed by atoms with Gasteiger partial charge in [0.15, 0.2) is 0 Å². The molecular formula is C23H22ClN3O5. The van der Waals surface area contributed by atoms with E-state index in [2.05, 4.69) is 10.6 Å². The van der Waals surface area contributed by atoms with Crippen molar-refractivity contribution in [2.75, 3.05) is 12.4 Å². The zero-order valence-corrected chi connectivity index (χ0v) is 18.2. The van der Waals surface area contributed by atoms with Crippen LogP contribution in [0, 0.1) is 11.8 Å². The topological polar surface area (TPSA) is 108 Å². The zero-order valence-electron chi connectivity index (χ0n) is 17.5. The summed E-state index contributed by atoms with van der Waals surface area (Å²) in [6, 6.07) is 11.3. The van der Waals surface area contributed by atoms with Gasteiger partial charge in [0.25, 0.3) is 0 Å². The third kappa shape index (κ3) is 2.80. The lowest BCUT2D eigenvalue weighted by Crippen LogP contribution is -2.54. The van der Waals surface area contributed by atoms with Gasteiger partial charge in [-0.25, -0.2) is 0 Å². The molecule has 0 aromatic heterocycles. The molecule has 0 aliphatic carbocycles. The lowest BCUT2D eigenvalue weighted by molar-refractivity contribution is -0.143. The maximum Gasteiger partial charge on any atom is 0.250 e. The highest BCUT2D eigenvalue weighted by molar-refractivity contribution is 6.31. The van der Waals surface area contributed by atoms with Crippen LogP contribution in [0.25, 0.3) is 0 Å². The Bertz CT molecular complexity index is 1130. The number of rotatable bonds is 4. The zero-order chi connectivity index (χ0) is 22.8. The number of carbonyl (C=O) groups excluding carboxylic acids is 3. The van der Waals surface area contributed by atoms with E-state index in [1.807, 2.05) is 0 Å². The standard InChI is InChI=1S/C23H22ClN3O5/c1-11(28)19-17-18(23(26-19)15-9-13(24)5-8-16(15)25-22(23)31)21(30)27(20(17)29)10-12-3-6-14(32-2)7-4-12/h3-9,11,17-19,26,28H,10H2,1-2H3,(H,25,31)/t11-,17+,18+,19-,23+/m1/s1. The second kappa shape index (κ2) is 7.30. The van der Waals surface area contributed by atoms with Crippen LogP contribution in [0.3, 0.4) is 0 Å². The summed E-state index contributed by atoms with van der Waals surface area (Å²) in [6.07, 6.45) is -0.962. The third-order valence-corrected chi connectivity index (χ3v) is 6.96. The summed E-state index contributed by atoms with van der Waals surface area (Å²) in [5, 5.41) is 16.8. The molecule has 8 nitrogen and oxygen atoms in total. The summed E-state index contributed by atoms with van der Waals surface area (Å²) in [7, 11) is 1.56. The van der Waals surface area contributed by atoms with Crippen molar-refractivity contribution in [1.82, 2.24) is 10.2 Å². The molecule has 3 heterocycles. The first kappa shape index (κ1) is 20.9. The van der Waals surface area contributed by atoms with Crippen molar-refractivity contribution in [3.63, 3.8) is 0 Å². The summed E-state index contributed by atoms with van der Waals surface area (Å²) in [5.74, 6) is -2.49. The molecule has 3 aliphatic heterocycles. The third-order valence-electron chi connectivity index (χ3n) is 6.72. The lowest BCUT2D eigenvalue weighted by Gasteiger charge is -2.30. The SMILES string of the molecule is COc1ccc(CN2C(=O)[C@@H]3[C@@H]([C@@H](C)O)N[C@]4(C(=O)Nc5ccc(Cl)cc54)[C@@H]3C2=O)cc1. The summed E-state index contributed by atoms with van der Waals surface area (Å²) in [5.41, 5.74) is 0.322. The number of ether oxygens (including phenoxy) is 1. The monoisotopic (exact) mass is 455 g/mol. The Morgan fingerprint density at radius 1 is 1.16 bits per heavy atom. The number of imide groups is 1. The van der Waals surface area contributed by atoms with E-state index in [1.165, 1.54) is 4.90 Å². The van der Waals surface area contributed by atoms with E-state index in [4.69, 9.17) is 16.3 Å². The van der Waals surface area contributed by atoms with Crippen molar-refractivity contribution in [1.29, 1.82) is 0 Å². The van der Waals surface area contributed by atoms with Gasteiger partial charge in [-0.05, 0) is 42.8 Å². The quantitative estimate of drug-likeness (QED) is 0.605. The smallest absolute Gasteiger partial charge is 0.250 e. The minimum Gasteiger partial charge on any atom is -0.497 e. The lowest BCUT2D eigenvalue weighted by atomic mass is 9.76. The molecule has 3 N–H and O–H groups in total. The van der Waals surface area contributed by atoms with Crippen molar-refractivity contribution in [3.05, 3.63) is 58.6 Å². The number of anilines is 1. The number of hydrogen-bond acceptors (Lipinski definition) is 6. The van der Waals surface area contributed by atoms with Crippen LogP contribution >= 0.6 is 11.6 Å². The van der Waals surface area contributed by atoms with Crippen molar-refractivity contribution in [2.24, 2.45) is 11.8 Å². The first-order valence-electron chi connectivity index (χ1n) is 10.3. The molecule has 5 atom stereocenters. The van der Waals surface area contributed by atoms with Crippen LogP contribution in [0.2, 0.25) is 5.02 Å². The van der Waals surface area contributed by atoms with E-state index in [-0.39, 0.29) is 6.54 Å². The van der Waals surface area contributed by atoms with Gasteiger partial charge in [0.05, 0.1) is 31.6 Å². The fourth-order valence-corrected chi connectivity index (χ4v) is 5.42. The van der Waals surface area contributed by atoms with Crippen molar-refractivity contribution >= 4 is 35.0 Å². The number of methoxy groups -OCH3 is 1. The highest BCUT2D eigenvalue weighted by Gasteiger charge is 2.71. The van der Waals surface area contributed by atoms with Crippen LogP contribution in [-0.4, -0.2) is 47.0 Å². The van der Waals surface area contributed by atoms with E-state index in [1.54, 1.807) is 56.5 Å². The highest BCUT2D eigenvalue weighted by atomic mass is 35.5. The molecule has 0 bridgehead atoms. The number of hydrogen-bond donors (Lipinski definition) is 3. The van der Waals surface area contributed by atoms with E-state index in [0.717, 1.165) is 5.56 Å². The van der Waals surface area contributed by atoms with Gasteiger partial charge < -0.3 is 15.2 Å². The number of likely N-dealkylation sites (tertiary alicyclic amines) is 1. The highest BCUT2D eigenvalue weighted by Crippen LogP contribution is 2.53. The fraction of sp³-hybridized carbons (Fsp3) is 0.348. The molecule has 0 radical (unpaired) electrons. The first-order valence-corrected chi connectivity index (χ1v) is 10.7. The van der Waals surface area contributed by atoms with Crippen LogP contribution in [0.15, 0.2) is 42.5 Å². The minimum atomic E-state index is -1.48. The molecular weight excluding hydrogens is 434 g/mol. The first-order chi connectivity index (χ1) is 15.3. The molecule has 166 valence electrons. The molecule has 5 rings (SSSR count). The predicted octanol–water partition coefficient (Wildman–Crippen LogP) is 1.65. The van der Waals surface area contributed by atoms with Crippen molar-refractivity contribution in [3.8, 4) is 5.75 Å². The molecule has 1 spiro atoms. The van der Waals surface area contributed by atoms with E-state index >= 15 is 0 Å². The average Bonchev–Trinajstić information content (AvgIpc) is 3.36. The Morgan fingerprint density at radius 2 is 1.88 bits per heavy atom. The van der Waals surface area contributed by atoms with Crippen LogP contribution in [0.5, 0.6) is 5.75 Å². The number of benzene rings is 2. The Morgan fingerprint density at radius 3 is 2.53 bits per heavy atom. The number of nitrogens with zero attached hydrogens (tertiary/aromatic N) is 1. The number of carbonyl (C=O) groups is 3. The van der Waals surface area contributed by atoms with E-state index in [0.29, 0.717) is 22.0 Å². The van der Waals surface area contributed by atoms with Gasteiger partial charge >= 0.3 is 0 Å². The number of halogens is 1. The van der Waals surface area contributed by atoms with Crippen molar-refractivity contribution < 1.29 is 24.2 Å². The van der Waals surface area contributed by atoms with Crippen LogP contribution in [0.4, 0.5) is 5.69 Å². The molecule has 3 aliphatic rings. The second-order valence-electron chi connectivity index (χ2n) is 8.48. The van der Waals surface area contributed by atoms with Crippen LogP contribution < -0.4 is 15.4 Å². The fourth-order valence-electron chi connectivity index (χ4n) is 5.25. The van der Waals surface area contributed by atoms with Gasteiger partial charge in [0, 0.05) is 22.3 Å². The van der Waals surface area contributed by atoms with Gasteiger partial charge in [-0.15, -0.1) is 0 Å². The molecule has 2 fully saturated rings. The van der Waals surface area contributed by atoms with Gasteiger partial charge in [0.2, 0.25) is 17.7 Å². The Labute approximate surface area is 189 Å². The largest absolute Gasteiger partial charge is 0.497 e. The molecule has 2 saturated heterocycles. The summed E-state index contributed by atoms with van der Waals surface area (Å²) in [6.45, 7) is 1.62. The number of amides is 3. The predicted molar refractivity (Wildman–Crippen MR) is 116 cm³/mol. The maximum atomic E-state index is 13.6. The molecule has 9 heteroatoms. The number of nitrogens with one attached hydrogen (secondary N) is 2. The van der Waals surface area contributed by atoms with E-state index in [9.17, 15) is 19.5 Å². The van der Waals surface area contributed by atoms with Crippen LogP contribution in [-0.2, 0) is 26.5 Å². The van der Waals surface area contributed by atoms with Crippen molar-refractivity contribution in [2.45, 2.75) is 31.2 Å². The maximum absolute atomic E-state index is 13.6. The molecule has 32 heavy (non-hydrogen) atoms. The Hall–Kier alpha value is -2.94.